The second-order valence-corrected chi connectivity index (χ2v) is 5.05. The molecule has 1 aromatic carbocycles. The van der Waals surface area contributed by atoms with Gasteiger partial charge in [0.1, 0.15) is 5.75 Å². The molecule has 0 radical (unpaired) electrons. The molecule has 1 rings (SSSR count). The van der Waals surface area contributed by atoms with Gasteiger partial charge in [-0.3, -0.25) is 9.59 Å². The first-order valence-corrected chi connectivity index (χ1v) is 6.45. The maximum atomic E-state index is 11.3. The molecule has 6 nitrogen and oxygen atoms in total. The van der Waals surface area contributed by atoms with Gasteiger partial charge in [-0.1, -0.05) is 18.2 Å². The third kappa shape index (κ3) is 5.79. The molecular formula is C10H12N2O4S. The standard InChI is InChI=1S/C10H12N2O4S/c11-17(15,16)7-9(13)6-10(14)12-8-4-2-1-3-5-8/h1-5H,6-7H2,(H,12,14)(H2,11,15,16). The first-order chi connectivity index (χ1) is 7.87. The van der Waals surface area contributed by atoms with Crippen molar-refractivity contribution in [1.82, 2.24) is 0 Å². The van der Waals surface area contributed by atoms with Gasteiger partial charge in [0, 0.05) is 5.69 Å². The lowest BCUT2D eigenvalue weighted by atomic mass is 10.2. The molecule has 1 amide bonds. The van der Waals surface area contributed by atoms with Gasteiger partial charge in [0.05, 0.1) is 6.42 Å². The smallest absolute Gasteiger partial charge is 0.231 e. The molecular weight excluding hydrogens is 244 g/mol. The van der Waals surface area contributed by atoms with Gasteiger partial charge in [-0.2, -0.15) is 0 Å². The number of hydrogen-bond acceptors (Lipinski definition) is 4. The molecule has 0 spiro atoms. The Morgan fingerprint density at radius 2 is 1.76 bits per heavy atom. The van der Waals surface area contributed by atoms with Crippen molar-refractivity contribution in [2.45, 2.75) is 6.42 Å². The van der Waals surface area contributed by atoms with Gasteiger partial charge in [0.25, 0.3) is 0 Å². The summed E-state index contributed by atoms with van der Waals surface area (Å²) in [4.78, 5) is 22.5. The van der Waals surface area contributed by atoms with Crippen LogP contribution in [0.15, 0.2) is 30.3 Å². The van der Waals surface area contributed by atoms with Crippen LogP contribution in [-0.4, -0.2) is 25.9 Å². The molecule has 0 heterocycles. The van der Waals surface area contributed by atoms with E-state index in [1.807, 2.05) is 0 Å². The van der Waals surface area contributed by atoms with Crippen molar-refractivity contribution in [3.8, 4) is 0 Å². The van der Waals surface area contributed by atoms with Crippen molar-refractivity contribution in [3.05, 3.63) is 30.3 Å². The van der Waals surface area contributed by atoms with E-state index < -0.39 is 33.9 Å². The van der Waals surface area contributed by atoms with Gasteiger partial charge >= 0.3 is 0 Å². The molecule has 7 heteroatoms. The molecule has 92 valence electrons. The van der Waals surface area contributed by atoms with Crippen LogP contribution >= 0.6 is 0 Å². The van der Waals surface area contributed by atoms with Gasteiger partial charge in [0.2, 0.25) is 15.9 Å². The second-order valence-electron chi connectivity index (χ2n) is 3.44. The summed E-state index contributed by atoms with van der Waals surface area (Å²) in [6, 6.07) is 8.54. The Bertz CT molecular complexity index is 510. The molecule has 3 N–H and O–H groups in total. The zero-order chi connectivity index (χ0) is 12.9. The number of anilines is 1. The minimum absolute atomic E-state index is 0.509. The topological polar surface area (TPSA) is 106 Å². The van der Waals surface area contributed by atoms with Crippen LogP contribution in [0, 0.1) is 0 Å². The monoisotopic (exact) mass is 256 g/mol. The van der Waals surface area contributed by atoms with Crippen LogP contribution in [0.2, 0.25) is 0 Å². The first-order valence-electron chi connectivity index (χ1n) is 4.74. The summed E-state index contributed by atoms with van der Waals surface area (Å²) in [7, 11) is -3.87. The van der Waals surface area contributed by atoms with E-state index in [-0.39, 0.29) is 0 Å². The van der Waals surface area contributed by atoms with Crippen molar-refractivity contribution >= 4 is 27.4 Å². The number of carbonyl (C=O) groups is 2. The predicted octanol–water partition coefficient (Wildman–Crippen LogP) is -0.127. The Hall–Kier alpha value is -1.73. The highest BCUT2D eigenvalue weighted by Crippen LogP contribution is 2.05. The van der Waals surface area contributed by atoms with Crippen LogP contribution in [0.4, 0.5) is 5.69 Å². The normalized spacial score (nSPS) is 10.9. The lowest BCUT2D eigenvalue weighted by Gasteiger charge is -2.03. The van der Waals surface area contributed by atoms with E-state index in [2.05, 4.69) is 10.5 Å². The zero-order valence-corrected chi connectivity index (χ0v) is 9.74. The fourth-order valence-corrected chi connectivity index (χ4v) is 1.73. The maximum absolute atomic E-state index is 11.3. The third-order valence-electron chi connectivity index (χ3n) is 1.78. The van der Waals surface area contributed by atoms with Gasteiger partial charge in [-0.05, 0) is 12.1 Å². The van der Waals surface area contributed by atoms with Gasteiger partial charge in [-0.25, -0.2) is 13.6 Å². The van der Waals surface area contributed by atoms with E-state index in [0.717, 1.165) is 0 Å². The first kappa shape index (κ1) is 13.3. The predicted molar refractivity (Wildman–Crippen MR) is 62.7 cm³/mol. The molecule has 0 bridgehead atoms. The molecule has 1 aromatic rings. The van der Waals surface area contributed by atoms with Gasteiger partial charge in [0.15, 0.2) is 5.78 Å². The largest absolute Gasteiger partial charge is 0.326 e. The Morgan fingerprint density at radius 1 is 1.18 bits per heavy atom. The number of primary sulfonamides is 1. The van der Waals surface area contributed by atoms with Crippen LogP contribution < -0.4 is 10.5 Å². The molecule has 0 aromatic heterocycles. The molecule has 0 unspecified atom stereocenters. The van der Waals surface area contributed by atoms with E-state index in [1.54, 1.807) is 30.3 Å². The molecule has 0 aliphatic rings. The number of ketones is 1. The second kappa shape index (κ2) is 5.55. The van der Waals surface area contributed by atoms with Crippen molar-refractivity contribution in [2.24, 2.45) is 5.14 Å². The summed E-state index contributed by atoms with van der Waals surface area (Å²) in [6.45, 7) is 0. The van der Waals surface area contributed by atoms with E-state index in [0.29, 0.717) is 5.69 Å². The van der Waals surface area contributed by atoms with Crippen LogP contribution in [0.5, 0.6) is 0 Å². The fourth-order valence-electron chi connectivity index (χ4n) is 1.18. The summed E-state index contributed by atoms with van der Waals surface area (Å²) < 4.78 is 21.2. The number of sulfonamides is 1. The molecule has 0 saturated heterocycles. The number of Topliss-reactive ketones (excluding diaryl/α,β-unsaturated/α-hetero) is 1. The van der Waals surface area contributed by atoms with Crippen LogP contribution in [0.3, 0.4) is 0 Å². The lowest BCUT2D eigenvalue weighted by Crippen LogP contribution is -2.26. The highest BCUT2D eigenvalue weighted by Gasteiger charge is 2.15. The van der Waals surface area contributed by atoms with Crippen molar-refractivity contribution in [1.29, 1.82) is 0 Å². The lowest BCUT2D eigenvalue weighted by molar-refractivity contribution is -0.124. The van der Waals surface area contributed by atoms with E-state index in [1.165, 1.54) is 0 Å². The third-order valence-corrected chi connectivity index (χ3v) is 2.50. The molecule has 0 fully saturated rings. The van der Waals surface area contributed by atoms with E-state index >= 15 is 0 Å². The number of nitrogens with two attached hydrogens (primary N) is 1. The average molecular weight is 256 g/mol. The van der Waals surface area contributed by atoms with Crippen molar-refractivity contribution < 1.29 is 18.0 Å². The highest BCUT2D eigenvalue weighted by molar-refractivity contribution is 7.89. The SMILES string of the molecule is NS(=O)(=O)CC(=O)CC(=O)Nc1ccccc1. The number of rotatable bonds is 5. The summed E-state index contributed by atoms with van der Waals surface area (Å²) in [5.41, 5.74) is 0.543. The minimum Gasteiger partial charge on any atom is -0.326 e. The van der Waals surface area contributed by atoms with Gasteiger partial charge in [-0.15, -0.1) is 0 Å². The number of nitrogens with one attached hydrogen (secondary N) is 1. The molecule has 0 aliphatic heterocycles. The van der Waals surface area contributed by atoms with E-state index in [9.17, 15) is 18.0 Å². The summed E-state index contributed by atoms with van der Waals surface area (Å²) in [5.74, 6) is -2.12. The highest BCUT2D eigenvalue weighted by atomic mass is 32.2. The summed E-state index contributed by atoms with van der Waals surface area (Å²) in [6.07, 6.45) is -0.509. The van der Waals surface area contributed by atoms with Crippen LogP contribution in [0.25, 0.3) is 0 Å². The Balaban J connectivity index is 2.48. The fraction of sp³-hybridized carbons (Fsp3) is 0.200. The number of carbonyl (C=O) groups excluding carboxylic acids is 2. The molecule has 17 heavy (non-hydrogen) atoms. The number of amides is 1. The van der Waals surface area contributed by atoms with Gasteiger partial charge < -0.3 is 5.32 Å². The molecule has 0 atom stereocenters. The maximum Gasteiger partial charge on any atom is 0.231 e. The van der Waals surface area contributed by atoms with Crippen molar-refractivity contribution in [3.63, 3.8) is 0 Å². The number of hydrogen-bond donors (Lipinski definition) is 2. The van der Waals surface area contributed by atoms with Crippen molar-refractivity contribution in [2.75, 3.05) is 11.1 Å². The molecule has 0 saturated carbocycles. The number of benzene rings is 1. The van der Waals surface area contributed by atoms with Crippen LogP contribution in [-0.2, 0) is 19.6 Å². The average Bonchev–Trinajstić information content (AvgIpc) is 2.15. The zero-order valence-electron chi connectivity index (χ0n) is 8.92. The number of para-hydroxylation sites is 1. The van der Waals surface area contributed by atoms with E-state index in [4.69, 9.17) is 0 Å². The summed E-state index contributed by atoms with van der Waals surface area (Å²) in [5, 5.41) is 7.15. The quantitative estimate of drug-likeness (QED) is 0.716. The Kier molecular flexibility index (Phi) is 4.36. The van der Waals surface area contributed by atoms with Crippen LogP contribution in [0.1, 0.15) is 6.42 Å². The Morgan fingerprint density at radius 3 is 2.29 bits per heavy atom. The Labute approximate surface area is 98.9 Å². The molecule has 0 aliphatic carbocycles. The minimum atomic E-state index is -3.87. The summed E-state index contributed by atoms with van der Waals surface area (Å²) >= 11 is 0.